The van der Waals surface area contributed by atoms with E-state index in [-0.39, 0.29) is 5.56 Å². The van der Waals surface area contributed by atoms with Gasteiger partial charge in [0, 0.05) is 44.7 Å². The third-order valence-electron chi connectivity index (χ3n) is 4.77. The van der Waals surface area contributed by atoms with Gasteiger partial charge in [-0.05, 0) is 24.4 Å². The number of aromatic nitrogens is 2. The van der Waals surface area contributed by atoms with Gasteiger partial charge in [-0.1, -0.05) is 24.3 Å². The van der Waals surface area contributed by atoms with Gasteiger partial charge < -0.3 is 14.2 Å². The highest BCUT2D eigenvalue weighted by atomic mass is 19.4. The molecule has 2 aromatic rings. The van der Waals surface area contributed by atoms with Crippen LogP contribution in [0.1, 0.15) is 12.0 Å². The molecule has 0 bridgehead atoms. The number of benzene rings is 1. The third kappa shape index (κ3) is 5.08. The van der Waals surface area contributed by atoms with Gasteiger partial charge in [-0.3, -0.25) is 0 Å². The van der Waals surface area contributed by atoms with Crippen molar-refractivity contribution in [3.8, 4) is 11.4 Å². The fourth-order valence-corrected chi connectivity index (χ4v) is 3.48. The summed E-state index contributed by atoms with van der Waals surface area (Å²) < 4.78 is 44.7. The first kappa shape index (κ1) is 18.9. The van der Waals surface area contributed by atoms with Crippen molar-refractivity contribution < 1.29 is 17.9 Å². The highest BCUT2D eigenvalue weighted by Gasteiger charge is 2.27. The molecule has 0 radical (unpaired) electrons. The molecule has 0 amide bonds. The molecule has 0 saturated carbocycles. The molecular formula is C19H24F3N3O. The Morgan fingerprint density at radius 3 is 2.69 bits per heavy atom. The smallest absolute Gasteiger partial charge is 0.383 e. The largest absolute Gasteiger partial charge is 0.393 e. The van der Waals surface area contributed by atoms with E-state index in [0.29, 0.717) is 5.92 Å². The molecule has 4 nitrogen and oxygen atoms in total. The molecule has 7 heteroatoms. The van der Waals surface area contributed by atoms with Gasteiger partial charge in [0.2, 0.25) is 0 Å². The van der Waals surface area contributed by atoms with Gasteiger partial charge in [0.25, 0.3) is 0 Å². The average Bonchev–Trinajstić information content (AvgIpc) is 3.22. The van der Waals surface area contributed by atoms with Crippen molar-refractivity contribution in [3.05, 3.63) is 42.2 Å². The Labute approximate surface area is 151 Å². The van der Waals surface area contributed by atoms with E-state index < -0.39 is 12.6 Å². The summed E-state index contributed by atoms with van der Waals surface area (Å²) in [4.78, 5) is 6.81. The number of methoxy groups -OCH3 is 1. The van der Waals surface area contributed by atoms with E-state index in [1.165, 1.54) is 12.1 Å². The lowest BCUT2D eigenvalue weighted by Crippen LogP contribution is -2.25. The highest BCUT2D eigenvalue weighted by Crippen LogP contribution is 2.25. The van der Waals surface area contributed by atoms with Crippen LogP contribution in [0.2, 0.25) is 0 Å². The van der Waals surface area contributed by atoms with Crippen LogP contribution in [0, 0.1) is 5.92 Å². The summed E-state index contributed by atoms with van der Waals surface area (Å²) in [5.74, 6) is 1.35. The van der Waals surface area contributed by atoms with Crippen LogP contribution in [0.5, 0.6) is 0 Å². The van der Waals surface area contributed by atoms with Gasteiger partial charge in [0.1, 0.15) is 5.82 Å². The van der Waals surface area contributed by atoms with Crippen LogP contribution >= 0.6 is 0 Å². The number of hydrogen-bond donors (Lipinski definition) is 0. The number of nitrogens with zero attached hydrogens (tertiary/aromatic N) is 3. The molecule has 3 rings (SSSR count). The molecule has 0 aliphatic carbocycles. The zero-order valence-electron chi connectivity index (χ0n) is 14.9. The van der Waals surface area contributed by atoms with E-state index in [4.69, 9.17) is 4.74 Å². The summed E-state index contributed by atoms with van der Waals surface area (Å²) in [5, 5.41) is 0. The van der Waals surface area contributed by atoms with E-state index in [2.05, 4.69) is 14.5 Å². The van der Waals surface area contributed by atoms with Gasteiger partial charge in [-0.15, -0.1) is 0 Å². The first-order chi connectivity index (χ1) is 12.4. The summed E-state index contributed by atoms with van der Waals surface area (Å²) in [6.07, 6.45) is -0.266. The molecule has 1 aromatic heterocycles. The summed E-state index contributed by atoms with van der Waals surface area (Å²) in [7, 11) is 1.71. The Kier molecular flexibility index (Phi) is 5.98. The van der Waals surface area contributed by atoms with E-state index in [9.17, 15) is 13.2 Å². The normalized spacial score (nSPS) is 18.5. The van der Waals surface area contributed by atoms with Crippen molar-refractivity contribution in [1.82, 2.24) is 14.5 Å². The van der Waals surface area contributed by atoms with Crippen LogP contribution in [0.25, 0.3) is 11.4 Å². The van der Waals surface area contributed by atoms with Gasteiger partial charge in [-0.25, -0.2) is 4.98 Å². The quantitative estimate of drug-likeness (QED) is 0.749. The molecular weight excluding hydrogens is 343 g/mol. The Balaban J connectivity index is 1.64. The first-order valence-electron chi connectivity index (χ1n) is 8.83. The molecule has 1 aromatic carbocycles. The maximum absolute atomic E-state index is 12.5. The predicted molar refractivity (Wildman–Crippen MR) is 93.8 cm³/mol. The van der Waals surface area contributed by atoms with Crippen molar-refractivity contribution in [2.24, 2.45) is 5.92 Å². The van der Waals surface area contributed by atoms with Crippen molar-refractivity contribution in [3.63, 3.8) is 0 Å². The molecule has 1 fully saturated rings. The molecule has 1 unspecified atom stereocenters. The number of likely N-dealkylation sites (tertiary alicyclic amines) is 1. The number of alkyl halides is 3. The molecule has 142 valence electrons. The Morgan fingerprint density at radius 1 is 1.23 bits per heavy atom. The number of hydrogen-bond acceptors (Lipinski definition) is 3. The van der Waals surface area contributed by atoms with Crippen molar-refractivity contribution in [2.75, 3.05) is 33.4 Å². The number of rotatable bonds is 7. The van der Waals surface area contributed by atoms with Gasteiger partial charge in [0.15, 0.2) is 0 Å². The summed E-state index contributed by atoms with van der Waals surface area (Å²) >= 11 is 0. The standard InChI is InChI=1S/C19H24F3N3O/c1-26-11-10-24-8-6-16(13-24)14-25-9-7-23-18(25)17-4-2-15(3-5-17)12-19(20,21)22/h2-5,7,9,16H,6,8,10-14H2,1H3. The van der Waals surface area contributed by atoms with Crippen LogP contribution in [0.3, 0.4) is 0 Å². The lowest BCUT2D eigenvalue weighted by atomic mass is 10.1. The Bertz CT molecular complexity index is 697. The molecule has 2 heterocycles. The second-order valence-electron chi connectivity index (χ2n) is 6.84. The number of ether oxygens (including phenoxy) is 1. The topological polar surface area (TPSA) is 30.3 Å². The minimum atomic E-state index is -4.18. The van der Waals surface area contributed by atoms with E-state index in [1.54, 1.807) is 25.4 Å². The monoisotopic (exact) mass is 367 g/mol. The second kappa shape index (κ2) is 8.22. The van der Waals surface area contributed by atoms with E-state index in [0.717, 1.165) is 50.6 Å². The Morgan fingerprint density at radius 2 is 2.00 bits per heavy atom. The fourth-order valence-electron chi connectivity index (χ4n) is 3.48. The molecule has 26 heavy (non-hydrogen) atoms. The first-order valence-corrected chi connectivity index (χ1v) is 8.83. The maximum atomic E-state index is 12.5. The molecule has 1 aliphatic heterocycles. The van der Waals surface area contributed by atoms with Crippen molar-refractivity contribution in [1.29, 1.82) is 0 Å². The summed E-state index contributed by atoms with van der Waals surface area (Å²) in [6.45, 7) is 4.66. The predicted octanol–water partition coefficient (Wildman–Crippen LogP) is 3.62. The molecule has 1 saturated heterocycles. The zero-order chi connectivity index (χ0) is 18.6. The molecule has 0 N–H and O–H groups in total. The van der Waals surface area contributed by atoms with Crippen LogP contribution in [0.15, 0.2) is 36.7 Å². The van der Waals surface area contributed by atoms with Gasteiger partial charge in [0.05, 0.1) is 13.0 Å². The molecule has 0 spiro atoms. The van der Waals surface area contributed by atoms with Gasteiger partial charge in [-0.2, -0.15) is 13.2 Å². The fraction of sp³-hybridized carbons (Fsp3) is 0.526. The van der Waals surface area contributed by atoms with E-state index in [1.807, 2.05) is 6.20 Å². The highest BCUT2D eigenvalue weighted by molar-refractivity contribution is 5.56. The van der Waals surface area contributed by atoms with Crippen molar-refractivity contribution >= 4 is 0 Å². The SMILES string of the molecule is COCCN1CCC(Cn2ccnc2-c2ccc(CC(F)(F)F)cc2)C1. The van der Waals surface area contributed by atoms with Crippen LogP contribution < -0.4 is 0 Å². The second-order valence-corrected chi connectivity index (χ2v) is 6.84. The van der Waals surface area contributed by atoms with Crippen LogP contribution in [-0.4, -0.2) is 54.0 Å². The maximum Gasteiger partial charge on any atom is 0.393 e. The van der Waals surface area contributed by atoms with Crippen LogP contribution in [0.4, 0.5) is 13.2 Å². The van der Waals surface area contributed by atoms with E-state index >= 15 is 0 Å². The number of halogens is 3. The Hall–Kier alpha value is -1.86. The number of imidazole rings is 1. The van der Waals surface area contributed by atoms with Crippen molar-refractivity contribution in [2.45, 2.75) is 25.6 Å². The lowest BCUT2D eigenvalue weighted by Gasteiger charge is -2.16. The van der Waals surface area contributed by atoms with Crippen LogP contribution in [-0.2, 0) is 17.7 Å². The average molecular weight is 367 g/mol. The summed E-state index contributed by atoms with van der Waals surface area (Å²) in [5.41, 5.74) is 1.11. The molecule has 1 atom stereocenters. The minimum absolute atomic E-state index is 0.268. The zero-order valence-corrected chi connectivity index (χ0v) is 14.9. The molecule has 1 aliphatic rings. The minimum Gasteiger partial charge on any atom is -0.383 e. The summed E-state index contributed by atoms with van der Waals surface area (Å²) in [6, 6.07) is 6.51. The lowest BCUT2D eigenvalue weighted by molar-refractivity contribution is -0.127. The third-order valence-corrected chi connectivity index (χ3v) is 4.77. The van der Waals surface area contributed by atoms with Gasteiger partial charge >= 0.3 is 6.18 Å².